The van der Waals surface area contributed by atoms with E-state index in [2.05, 4.69) is 30.7 Å². The van der Waals surface area contributed by atoms with E-state index in [0.29, 0.717) is 42.3 Å². The molecule has 2 aromatic carbocycles. The van der Waals surface area contributed by atoms with Crippen molar-refractivity contribution in [3.05, 3.63) is 60.4 Å². The van der Waals surface area contributed by atoms with Gasteiger partial charge in [-0.05, 0) is 48.7 Å². The van der Waals surface area contributed by atoms with Crippen molar-refractivity contribution >= 4 is 29.1 Å². The molecule has 0 aliphatic carbocycles. The number of halogens is 2. The van der Waals surface area contributed by atoms with Gasteiger partial charge in [0.25, 0.3) is 0 Å². The van der Waals surface area contributed by atoms with Gasteiger partial charge in [-0.15, -0.1) is 0 Å². The number of rotatable bonds is 7. The van der Waals surface area contributed by atoms with Gasteiger partial charge in [-0.2, -0.15) is 8.78 Å². The Kier molecular flexibility index (Phi) is 6.95. The van der Waals surface area contributed by atoms with E-state index in [1.165, 1.54) is 12.1 Å². The molecule has 3 N–H and O–H groups in total. The number of aromatic nitrogens is 2. The monoisotopic (exact) mass is 467 g/mol. The normalized spacial score (nSPS) is 15.5. The predicted molar refractivity (Wildman–Crippen MR) is 123 cm³/mol. The molecule has 1 atom stereocenters. The molecule has 1 aromatic heterocycles. The summed E-state index contributed by atoms with van der Waals surface area (Å²) in [4.78, 5) is 32.5. The zero-order chi connectivity index (χ0) is 24.1. The Hall–Kier alpha value is -4.08. The Bertz CT molecular complexity index is 1160. The number of hydrogen-bond donors (Lipinski definition) is 3. The highest BCUT2D eigenvalue weighted by Crippen LogP contribution is 2.25. The average Bonchev–Trinajstić information content (AvgIpc) is 2.82. The van der Waals surface area contributed by atoms with Crippen LogP contribution in [0.25, 0.3) is 11.1 Å². The van der Waals surface area contributed by atoms with Crippen molar-refractivity contribution in [3.8, 4) is 16.9 Å². The lowest BCUT2D eigenvalue weighted by molar-refractivity contribution is -0.126. The van der Waals surface area contributed by atoms with Crippen LogP contribution >= 0.6 is 0 Å². The first-order valence-electron chi connectivity index (χ1n) is 10.7. The van der Waals surface area contributed by atoms with Gasteiger partial charge in [0, 0.05) is 42.3 Å². The summed E-state index contributed by atoms with van der Waals surface area (Å²) >= 11 is 0. The third-order valence-corrected chi connectivity index (χ3v) is 5.45. The van der Waals surface area contributed by atoms with Crippen molar-refractivity contribution in [1.29, 1.82) is 0 Å². The van der Waals surface area contributed by atoms with E-state index < -0.39 is 6.61 Å². The molecule has 0 saturated carbocycles. The van der Waals surface area contributed by atoms with Gasteiger partial charge >= 0.3 is 6.61 Å². The van der Waals surface area contributed by atoms with Gasteiger partial charge in [0.2, 0.25) is 17.8 Å². The Morgan fingerprint density at radius 1 is 1.12 bits per heavy atom. The molecule has 10 heteroatoms. The molecular weight excluding hydrogens is 444 g/mol. The van der Waals surface area contributed by atoms with Crippen molar-refractivity contribution in [1.82, 2.24) is 15.3 Å². The summed E-state index contributed by atoms with van der Waals surface area (Å²) in [6.45, 7) is -0.639. The fourth-order valence-corrected chi connectivity index (χ4v) is 3.53. The quantitative estimate of drug-likeness (QED) is 0.480. The summed E-state index contributed by atoms with van der Waals surface area (Å²) in [6.07, 6.45) is 4.11. The number of piperidine rings is 1. The molecule has 176 valence electrons. The van der Waals surface area contributed by atoms with E-state index in [1.54, 1.807) is 30.6 Å². The van der Waals surface area contributed by atoms with Crippen molar-refractivity contribution < 1.29 is 23.1 Å². The molecule has 8 nitrogen and oxygen atoms in total. The molecule has 2 heterocycles. The number of alkyl halides is 2. The molecule has 0 spiro atoms. The fourth-order valence-electron chi connectivity index (χ4n) is 3.53. The number of amides is 2. The lowest BCUT2D eigenvalue weighted by Gasteiger charge is -2.22. The molecule has 0 bridgehead atoms. The first-order valence-corrected chi connectivity index (χ1v) is 10.7. The number of carbonyl (C=O) groups is 2. The number of benzene rings is 2. The van der Waals surface area contributed by atoms with Crippen LogP contribution in [0.1, 0.15) is 18.4 Å². The largest absolute Gasteiger partial charge is 0.435 e. The van der Waals surface area contributed by atoms with Crippen LogP contribution in [-0.2, 0) is 9.59 Å². The minimum atomic E-state index is -2.87. The lowest BCUT2D eigenvalue weighted by Crippen LogP contribution is -2.40. The molecule has 2 amide bonds. The van der Waals surface area contributed by atoms with Crippen LogP contribution in [0.15, 0.2) is 54.9 Å². The summed E-state index contributed by atoms with van der Waals surface area (Å²) in [5, 5.41) is 8.76. The number of nitrogens with zero attached hydrogens (tertiary/aromatic N) is 2. The fraction of sp³-hybridized carbons (Fsp3) is 0.250. The van der Waals surface area contributed by atoms with Crippen LogP contribution in [0, 0.1) is 12.8 Å². The zero-order valence-corrected chi connectivity index (χ0v) is 18.3. The second-order valence-corrected chi connectivity index (χ2v) is 7.88. The highest BCUT2D eigenvalue weighted by molar-refractivity contribution is 5.95. The molecular formula is C24H23F2N5O3. The molecule has 0 radical (unpaired) electrons. The van der Waals surface area contributed by atoms with Gasteiger partial charge in [-0.1, -0.05) is 18.2 Å². The zero-order valence-electron chi connectivity index (χ0n) is 18.3. The van der Waals surface area contributed by atoms with Gasteiger partial charge < -0.3 is 20.7 Å². The first-order chi connectivity index (χ1) is 16.4. The van der Waals surface area contributed by atoms with Gasteiger partial charge in [0.15, 0.2) is 0 Å². The predicted octanol–water partition coefficient (Wildman–Crippen LogP) is 4.26. The Labute approximate surface area is 194 Å². The smallest absolute Gasteiger partial charge is 0.387 e. The van der Waals surface area contributed by atoms with E-state index in [-0.39, 0.29) is 23.5 Å². The van der Waals surface area contributed by atoms with Crippen LogP contribution in [0.5, 0.6) is 5.75 Å². The highest BCUT2D eigenvalue weighted by Gasteiger charge is 2.24. The van der Waals surface area contributed by atoms with Crippen molar-refractivity contribution in [2.45, 2.75) is 26.4 Å². The summed E-state index contributed by atoms with van der Waals surface area (Å²) in [7, 11) is 0. The van der Waals surface area contributed by atoms with Crippen molar-refractivity contribution in [2.24, 2.45) is 5.92 Å². The number of nitrogens with one attached hydrogen (secondary N) is 3. The second-order valence-electron chi connectivity index (χ2n) is 7.88. The lowest BCUT2D eigenvalue weighted by atomic mass is 9.98. The highest BCUT2D eigenvalue weighted by atomic mass is 19.3. The maximum atomic E-state index is 12.6. The van der Waals surface area contributed by atoms with Gasteiger partial charge in [-0.3, -0.25) is 9.59 Å². The van der Waals surface area contributed by atoms with Gasteiger partial charge in [0.05, 0.1) is 5.92 Å². The van der Waals surface area contributed by atoms with Crippen LogP contribution in [0.4, 0.5) is 26.1 Å². The molecule has 1 aliphatic heterocycles. The standard InChI is InChI=1S/C24H23F2N5O3/c1-14-2-6-18(10-20(14)31-22(33)16-5-9-21(32)27-11-16)30-24-28-12-17(13-29-24)15-3-7-19(8-4-15)34-23(25)26/h2-4,6-8,10,12-13,16,23H,5,9,11H2,1H3,(H,27,32)(H,31,33)(H,28,29,30). The number of carbonyl (C=O) groups excluding carboxylic acids is 2. The SMILES string of the molecule is Cc1ccc(Nc2ncc(-c3ccc(OC(F)F)cc3)cn2)cc1NC(=O)C1CCC(=O)NC1. The second kappa shape index (κ2) is 10.2. The van der Waals surface area contributed by atoms with Crippen LogP contribution < -0.4 is 20.7 Å². The van der Waals surface area contributed by atoms with Crippen LogP contribution in [0.2, 0.25) is 0 Å². The molecule has 4 rings (SSSR count). The topological polar surface area (TPSA) is 105 Å². The Balaban J connectivity index is 1.40. The van der Waals surface area contributed by atoms with E-state index in [0.717, 1.165) is 11.1 Å². The molecule has 1 unspecified atom stereocenters. The summed E-state index contributed by atoms with van der Waals surface area (Å²) in [5.74, 6) is 0.00705. The third kappa shape index (κ3) is 5.83. The van der Waals surface area contributed by atoms with Crippen molar-refractivity contribution in [2.75, 3.05) is 17.2 Å². The summed E-state index contributed by atoms with van der Waals surface area (Å²) < 4.78 is 28.9. The average molecular weight is 467 g/mol. The van der Waals surface area contributed by atoms with Crippen LogP contribution in [-0.4, -0.2) is 34.9 Å². The third-order valence-electron chi connectivity index (χ3n) is 5.45. The van der Waals surface area contributed by atoms with E-state index in [1.807, 2.05) is 19.1 Å². The Morgan fingerprint density at radius 3 is 2.50 bits per heavy atom. The molecule has 1 saturated heterocycles. The molecule has 3 aromatic rings. The Morgan fingerprint density at radius 2 is 1.85 bits per heavy atom. The number of ether oxygens (including phenoxy) is 1. The number of hydrogen-bond acceptors (Lipinski definition) is 6. The minimum Gasteiger partial charge on any atom is -0.435 e. The van der Waals surface area contributed by atoms with E-state index in [9.17, 15) is 18.4 Å². The minimum absolute atomic E-state index is 0.0322. The van der Waals surface area contributed by atoms with Gasteiger partial charge in [-0.25, -0.2) is 9.97 Å². The van der Waals surface area contributed by atoms with E-state index >= 15 is 0 Å². The van der Waals surface area contributed by atoms with Gasteiger partial charge in [0.1, 0.15) is 5.75 Å². The molecule has 34 heavy (non-hydrogen) atoms. The summed E-state index contributed by atoms with van der Waals surface area (Å²) in [5.41, 5.74) is 3.72. The maximum absolute atomic E-state index is 12.6. The maximum Gasteiger partial charge on any atom is 0.387 e. The molecule has 1 aliphatic rings. The van der Waals surface area contributed by atoms with Crippen molar-refractivity contribution in [3.63, 3.8) is 0 Å². The molecule has 1 fully saturated rings. The summed E-state index contributed by atoms with van der Waals surface area (Å²) in [6, 6.07) is 11.7. The first kappa shape index (κ1) is 23.1. The van der Waals surface area contributed by atoms with Crippen LogP contribution in [0.3, 0.4) is 0 Å². The number of anilines is 3. The number of aryl methyl sites for hydroxylation is 1. The van der Waals surface area contributed by atoms with E-state index in [4.69, 9.17) is 0 Å².